The molecule has 1 aliphatic heterocycles. The fourth-order valence-electron chi connectivity index (χ4n) is 4.30. The van der Waals surface area contributed by atoms with Crippen molar-refractivity contribution < 1.29 is 22.7 Å². The van der Waals surface area contributed by atoms with Gasteiger partial charge in [0, 0.05) is 34.9 Å². The number of halogens is 1. The van der Waals surface area contributed by atoms with Crippen molar-refractivity contribution in [2.24, 2.45) is 0 Å². The Morgan fingerprint density at radius 1 is 0.949 bits per heavy atom. The number of nitrogens with zero attached hydrogens (tertiary/aromatic N) is 2. The van der Waals surface area contributed by atoms with E-state index in [0.29, 0.717) is 69.1 Å². The summed E-state index contributed by atoms with van der Waals surface area (Å²) in [5.74, 6) is 0.773. The Bertz CT molecular complexity index is 1520. The van der Waals surface area contributed by atoms with Crippen LogP contribution in [0.2, 0.25) is 5.02 Å². The number of hydrogen-bond acceptors (Lipinski definition) is 7. The van der Waals surface area contributed by atoms with Crippen LogP contribution in [0.1, 0.15) is 11.1 Å². The summed E-state index contributed by atoms with van der Waals surface area (Å²) >= 11 is 6.17. The number of methoxy groups -OCH3 is 2. The minimum Gasteiger partial charge on any atom is -0.493 e. The van der Waals surface area contributed by atoms with Crippen molar-refractivity contribution in [1.29, 1.82) is 0 Å². The maximum absolute atomic E-state index is 13.2. The Kier molecular flexibility index (Phi) is 8.39. The number of benzene rings is 3. The Balaban J connectivity index is 1.79. The van der Waals surface area contributed by atoms with Crippen LogP contribution >= 0.6 is 11.6 Å². The second-order valence-corrected chi connectivity index (χ2v) is 11.6. The predicted octanol–water partition coefficient (Wildman–Crippen LogP) is 4.62. The van der Waals surface area contributed by atoms with Crippen LogP contribution in [0.5, 0.6) is 11.5 Å². The van der Waals surface area contributed by atoms with E-state index in [1.807, 2.05) is 25.1 Å². The highest BCUT2D eigenvalue weighted by Crippen LogP contribution is 2.40. The number of amides is 1. The molecule has 11 heteroatoms. The van der Waals surface area contributed by atoms with E-state index < -0.39 is 10.0 Å². The van der Waals surface area contributed by atoms with Crippen LogP contribution in [0.25, 0.3) is 11.3 Å². The van der Waals surface area contributed by atoms with Gasteiger partial charge >= 0.3 is 0 Å². The van der Waals surface area contributed by atoms with Gasteiger partial charge in [0.05, 0.1) is 43.1 Å². The van der Waals surface area contributed by atoms with Crippen LogP contribution in [0.4, 0.5) is 17.1 Å². The molecule has 0 aromatic heterocycles. The number of nitrogens with one attached hydrogen (secondary N) is 2. The summed E-state index contributed by atoms with van der Waals surface area (Å²) in [6.07, 6.45) is 1.19. The summed E-state index contributed by atoms with van der Waals surface area (Å²) < 4.78 is 37.2. The van der Waals surface area contributed by atoms with Crippen LogP contribution in [0.15, 0.2) is 60.7 Å². The fraction of sp³-hybridized carbons (Fsp3) is 0.250. The quantitative estimate of drug-likeness (QED) is 0.343. The molecule has 0 atom stereocenters. The van der Waals surface area contributed by atoms with Gasteiger partial charge in [-0.1, -0.05) is 17.7 Å². The van der Waals surface area contributed by atoms with Crippen LogP contribution in [0.3, 0.4) is 0 Å². The number of sulfonamides is 1. The molecule has 0 saturated heterocycles. The molecule has 39 heavy (non-hydrogen) atoms. The molecule has 0 unspecified atom stereocenters. The van der Waals surface area contributed by atoms with E-state index in [4.69, 9.17) is 21.1 Å². The van der Waals surface area contributed by atoms with Gasteiger partial charge in [-0.2, -0.15) is 0 Å². The van der Waals surface area contributed by atoms with E-state index in [2.05, 4.69) is 10.6 Å². The van der Waals surface area contributed by atoms with E-state index in [1.165, 1.54) is 10.6 Å². The second-order valence-electron chi connectivity index (χ2n) is 9.27. The van der Waals surface area contributed by atoms with Gasteiger partial charge in [0.2, 0.25) is 10.0 Å². The third-order valence-electron chi connectivity index (χ3n) is 6.22. The molecule has 0 spiro atoms. The smallest absolute Gasteiger partial charge is 0.258 e. The molecular weight excluding hydrogens is 540 g/mol. The lowest BCUT2D eigenvalue weighted by Crippen LogP contribution is -2.35. The third kappa shape index (κ3) is 6.30. The summed E-state index contributed by atoms with van der Waals surface area (Å²) in [4.78, 5) is 15.1. The highest BCUT2D eigenvalue weighted by Gasteiger charge is 2.29. The summed E-state index contributed by atoms with van der Waals surface area (Å²) in [6.45, 7) is 0.889. The summed E-state index contributed by atoms with van der Waals surface area (Å²) in [7, 11) is 3.41. The largest absolute Gasteiger partial charge is 0.493 e. The van der Waals surface area contributed by atoms with Gasteiger partial charge in [0.25, 0.3) is 5.91 Å². The maximum atomic E-state index is 13.2. The van der Waals surface area contributed by atoms with Crippen molar-refractivity contribution in [1.82, 2.24) is 4.90 Å². The van der Waals surface area contributed by atoms with Crippen molar-refractivity contribution in [3.8, 4) is 11.5 Å². The van der Waals surface area contributed by atoms with Gasteiger partial charge in [-0.25, -0.2) is 8.42 Å². The van der Waals surface area contributed by atoms with E-state index in [9.17, 15) is 13.2 Å². The zero-order valence-corrected chi connectivity index (χ0v) is 24.0. The number of carbonyl (C=O) groups is 1. The summed E-state index contributed by atoms with van der Waals surface area (Å²) in [5, 5.41) is 6.78. The lowest BCUT2D eigenvalue weighted by Gasteiger charge is -2.24. The number of anilines is 3. The summed E-state index contributed by atoms with van der Waals surface area (Å²) in [5.41, 5.74) is 4.17. The Morgan fingerprint density at radius 2 is 1.64 bits per heavy atom. The first-order valence-corrected chi connectivity index (χ1v) is 14.3. The van der Waals surface area contributed by atoms with E-state index >= 15 is 0 Å². The van der Waals surface area contributed by atoms with Gasteiger partial charge in [-0.3, -0.25) is 9.10 Å². The fourth-order valence-corrected chi connectivity index (χ4v) is 5.39. The van der Waals surface area contributed by atoms with Crippen LogP contribution in [0, 0.1) is 0 Å². The number of hydrogen-bond donors (Lipinski definition) is 2. The molecule has 1 aliphatic rings. The van der Waals surface area contributed by atoms with Gasteiger partial charge in [-0.15, -0.1) is 0 Å². The van der Waals surface area contributed by atoms with Crippen LogP contribution in [-0.2, 0) is 14.8 Å². The lowest BCUT2D eigenvalue weighted by molar-refractivity contribution is -0.110. The first-order chi connectivity index (χ1) is 18.5. The van der Waals surface area contributed by atoms with Crippen molar-refractivity contribution in [3.63, 3.8) is 0 Å². The Labute approximate surface area is 234 Å². The number of likely N-dealkylation sites (N-methyl/N-ethyl adjacent to an activating group) is 1. The molecule has 0 aliphatic carbocycles. The average Bonchev–Trinajstić information content (AvgIpc) is 3.21. The van der Waals surface area contributed by atoms with Crippen LogP contribution < -0.4 is 24.4 Å². The number of ether oxygens (including phenoxy) is 2. The minimum atomic E-state index is -3.48. The Morgan fingerprint density at radius 3 is 2.26 bits per heavy atom. The van der Waals surface area contributed by atoms with Crippen molar-refractivity contribution >= 4 is 55.9 Å². The first-order valence-electron chi connectivity index (χ1n) is 12.1. The molecule has 0 bridgehead atoms. The highest BCUT2D eigenvalue weighted by molar-refractivity contribution is 7.92. The molecular formula is C28H31ClN4O5S. The molecule has 206 valence electrons. The van der Waals surface area contributed by atoms with Crippen LogP contribution in [-0.4, -0.2) is 66.9 Å². The summed E-state index contributed by atoms with van der Waals surface area (Å²) in [6, 6.07) is 17.6. The lowest BCUT2D eigenvalue weighted by atomic mass is 9.99. The molecule has 3 aromatic carbocycles. The molecule has 0 fully saturated rings. The number of rotatable bonds is 10. The van der Waals surface area contributed by atoms with Crippen molar-refractivity contribution in [2.75, 3.05) is 62.6 Å². The van der Waals surface area contributed by atoms with E-state index in [1.54, 1.807) is 68.8 Å². The predicted molar refractivity (Wildman–Crippen MR) is 157 cm³/mol. The molecule has 0 saturated carbocycles. The SMILES string of the molecule is COc1ccc(/C(Nc2ccc(N(CCN(C)C)S(C)(=O)=O)cc2)=C2/C(=O)Nc3cc(Cl)ccc32)cc1OC. The molecule has 2 N–H and O–H groups in total. The molecule has 9 nitrogen and oxygen atoms in total. The van der Waals surface area contributed by atoms with E-state index in [-0.39, 0.29) is 5.91 Å². The van der Waals surface area contributed by atoms with E-state index in [0.717, 1.165) is 0 Å². The first kappa shape index (κ1) is 28.3. The van der Waals surface area contributed by atoms with Gasteiger partial charge in [0.1, 0.15) is 0 Å². The zero-order chi connectivity index (χ0) is 28.3. The Hall–Kier alpha value is -3.73. The zero-order valence-electron chi connectivity index (χ0n) is 22.4. The molecule has 1 heterocycles. The van der Waals surface area contributed by atoms with Gasteiger partial charge in [0.15, 0.2) is 11.5 Å². The highest BCUT2D eigenvalue weighted by atomic mass is 35.5. The van der Waals surface area contributed by atoms with Crippen molar-refractivity contribution in [3.05, 3.63) is 76.8 Å². The van der Waals surface area contributed by atoms with Gasteiger partial charge in [-0.05, 0) is 68.7 Å². The second kappa shape index (κ2) is 11.6. The monoisotopic (exact) mass is 570 g/mol. The van der Waals surface area contributed by atoms with Gasteiger partial charge < -0.3 is 25.0 Å². The van der Waals surface area contributed by atoms with Crippen molar-refractivity contribution in [2.45, 2.75) is 0 Å². The third-order valence-corrected chi connectivity index (χ3v) is 7.65. The number of carbonyl (C=O) groups excluding carboxylic acids is 1. The standard InChI is InChI=1S/C28H31ClN4O5S/c1-32(2)14-15-33(39(5,35)36)21-10-8-20(9-11-21)30-27(18-6-13-24(37-3)25(16-18)38-4)26-22-12-7-19(29)17-23(22)31-28(26)34/h6-13,16-17,30H,14-15H2,1-5H3,(H,31,34)/b27-26-. The maximum Gasteiger partial charge on any atom is 0.258 e. The molecule has 3 aromatic rings. The molecule has 4 rings (SSSR count). The normalized spacial score (nSPS) is 14.1. The minimum absolute atomic E-state index is 0.284. The average molecular weight is 571 g/mol. The topological polar surface area (TPSA) is 100 Å². The molecule has 1 amide bonds. The number of fused-ring (bicyclic) bond motifs is 1. The molecule has 0 radical (unpaired) electrons.